The van der Waals surface area contributed by atoms with Crippen molar-refractivity contribution in [3.8, 4) is 5.75 Å². The molecule has 0 saturated carbocycles. The van der Waals surface area contributed by atoms with Crippen molar-refractivity contribution in [2.24, 2.45) is 5.92 Å². The third-order valence-electron chi connectivity index (χ3n) is 2.87. The molecule has 0 aliphatic rings. The topological polar surface area (TPSA) is 21.3 Å². The number of rotatable bonds is 8. The molecule has 0 saturated heterocycles. The van der Waals surface area contributed by atoms with Gasteiger partial charge < -0.3 is 10.1 Å². The van der Waals surface area contributed by atoms with E-state index < -0.39 is 0 Å². The van der Waals surface area contributed by atoms with Crippen LogP contribution in [0.2, 0.25) is 0 Å². The first-order chi connectivity index (χ1) is 8.61. The van der Waals surface area contributed by atoms with Crippen molar-refractivity contribution in [3.05, 3.63) is 29.8 Å². The zero-order valence-corrected chi connectivity index (χ0v) is 12.2. The van der Waals surface area contributed by atoms with Gasteiger partial charge >= 0.3 is 0 Å². The smallest absolute Gasteiger partial charge is 0.119 e. The van der Waals surface area contributed by atoms with Crippen LogP contribution < -0.4 is 10.1 Å². The summed E-state index contributed by atoms with van der Waals surface area (Å²) in [6.45, 7) is 10.5. The molecule has 0 bridgehead atoms. The van der Waals surface area contributed by atoms with E-state index in [0.29, 0.717) is 12.0 Å². The number of benzene rings is 1. The lowest BCUT2D eigenvalue weighted by molar-refractivity contribution is 0.253. The van der Waals surface area contributed by atoms with Crippen molar-refractivity contribution in [1.82, 2.24) is 5.32 Å². The van der Waals surface area contributed by atoms with Gasteiger partial charge in [-0.15, -0.1) is 0 Å². The van der Waals surface area contributed by atoms with Crippen LogP contribution in [-0.4, -0.2) is 19.2 Å². The zero-order valence-electron chi connectivity index (χ0n) is 12.2. The maximum absolute atomic E-state index is 5.79. The first kappa shape index (κ1) is 15.0. The fraction of sp³-hybridized carbons (Fsp3) is 0.625. The summed E-state index contributed by atoms with van der Waals surface area (Å²) in [7, 11) is 0. The van der Waals surface area contributed by atoms with E-state index >= 15 is 0 Å². The Labute approximate surface area is 112 Å². The van der Waals surface area contributed by atoms with Crippen molar-refractivity contribution < 1.29 is 4.74 Å². The average Bonchev–Trinajstić information content (AvgIpc) is 2.36. The molecular formula is C16H27NO. The molecule has 1 aromatic carbocycles. The molecule has 0 aromatic heterocycles. The van der Waals surface area contributed by atoms with Crippen LogP contribution in [0.3, 0.4) is 0 Å². The van der Waals surface area contributed by atoms with E-state index in [0.717, 1.165) is 25.3 Å². The van der Waals surface area contributed by atoms with Crippen molar-refractivity contribution in [2.75, 3.05) is 13.2 Å². The van der Waals surface area contributed by atoms with Crippen LogP contribution in [0.15, 0.2) is 24.3 Å². The molecule has 0 aliphatic carbocycles. The van der Waals surface area contributed by atoms with Gasteiger partial charge in [0.15, 0.2) is 0 Å². The molecule has 2 nitrogen and oxygen atoms in total. The molecule has 0 fully saturated rings. The first-order valence-electron chi connectivity index (χ1n) is 7.07. The summed E-state index contributed by atoms with van der Waals surface area (Å²) < 4.78 is 5.79. The second-order valence-corrected chi connectivity index (χ2v) is 5.37. The van der Waals surface area contributed by atoms with Crippen molar-refractivity contribution in [1.29, 1.82) is 0 Å². The normalized spacial score (nSPS) is 12.7. The summed E-state index contributed by atoms with van der Waals surface area (Å²) in [5.74, 6) is 1.51. The van der Waals surface area contributed by atoms with E-state index in [4.69, 9.17) is 4.74 Å². The highest BCUT2D eigenvalue weighted by molar-refractivity contribution is 5.27. The summed E-state index contributed by atoms with van der Waals surface area (Å²) in [5, 5.41) is 3.43. The minimum Gasteiger partial charge on any atom is -0.493 e. The Kier molecular flexibility index (Phi) is 6.81. The summed E-state index contributed by atoms with van der Waals surface area (Å²) in [6.07, 6.45) is 2.34. The van der Waals surface area contributed by atoms with Crippen LogP contribution in [0.4, 0.5) is 0 Å². The molecule has 0 amide bonds. The van der Waals surface area contributed by atoms with E-state index in [2.05, 4.69) is 57.3 Å². The highest BCUT2D eigenvalue weighted by atomic mass is 16.5. The summed E-state index contributed by atoms with van der Waals surface area (Å²) in [5.41, 5.74) is 1.39. The SMILES string of the molecule is CCCc1ccc(OCC(C)CNC(C)C)cc1. The molecule has 1 aromatic rings. The Morgan fingerprint density at radius 3 is 2.33 bits per heavy atom. The highest BCUT2D eigenvalue weighted by Crippen LogP contribution is 2.14. The lowest BCUT2D eigenvalue weighted by Gasteiger charge is -2.15. The van der Waals surface area contributed by atoms with E-state index in [1.54, 1.807) is 0 Å². The monoisotopic (exact) mass is 249 g/mol. The fourth-order valence-electron chi connectivity index (χ4n) is 1.78. The Balaban J connectivity index is 2.29. The van der Waals surface area contributed by atoms with Crippen LogP contribution in [-0.2, 0) is 6.42 Å². The van der Waals surface area contributed by atoms with E-state index in [1.807, 2.05) is 0 Å². The van der Waals surface area contributed by atoms with Gasteiger partial charge in [-0.25, -0.2) is 0 Å². The van der Waals surface area contributed by atoms with Gasteiger partial charge in [-0.1, -0.05) is 46.2 Å². The number of nitrogens with one attached hydrogen (secondary N) is 1. The molecule has 1 rings (SSSR count). The van der Waals surface area contributed by atoms with Crippen molar-refractivity contribution >= 4 is 0 Å². The van der Waals surface area contributed by atoms with Crippen LogP contribution in [0, 0.1) is 5.92 Å². The minimum atomic E-state index is 0.530. The minimum absolute atomic E-state index is 0.530. The predicted octanol–water partition coefficient (Wildman–Crippen LogP) is 3.65. The molecule has 2 heteroatoms. The Morgan fingerprint density at radius 2 is 1.78 bits per heavy atom. The number of hydrogen-bond acceptors (Lipinski definition) is 2. The summed E-state index contributed by atoms with van der Waals surface area (Å²) in [6, 6.07) is 9.02. The first-order valence-corrected chi connectivity index (χ1v) is 7.07. The Hall–Kier alpha value is -1.02. The maximum Gasteiger partial charge on any atom is 0.119 e. The van der Waals surface area contributed by atoms with Gasteiger partial charge in [-0.3, -0.25) is 0 Å². The van der Waals surface area contributed by atoms with Gasteiger partial charge in [0.1, 0.15) is 5.75 Å². The van der Waals surface area contributed by atoms with Gasteiger partial charge in [0.05, 0.1) is 6.61 Å². The average molecular weight is 249 g/mol. The Bertz CT molecular complexity index is 318. The van der Waals surface area contributed by atoms with E-state index in [9.17, 15) is 0 Å². The second-order valence-electron chi connectivity index (χ2n) is 5.37. The van der Waals surface area contributed by atoms with Crippen LogP contribution >= 0.6 is 0 Å². The van der Waals surface area contributed by atoms with Gasteiger partial charge in [0.25, 0.3) is 0 Å². The van der Waals surface area contributed by atoms with Crippen molar-refractivity contribution in [3.63, 3.8) is 0 Å². The number of aryl methyl sites for hydroxylation is 1. The summed E-state index contributed by atoms with van der Waals surface area (Å²) >= 11 is 0. The molecule has 1 unspecified atom stereocenters. The quantitative estimate of drug-likeness (QED) is 0.759. The molecule has 1 atom stereocenters. The molecule has 102 valence electrons. The summed E-state index contributed by atoms with van der Waals surface area (Å²) in [4.78, 5) is 0. The fourth-order valence-corrected chi connectivity index (χ4v) is 1.78. The molecule has 0 spiro atoms. The highest BCUT2D eigenvalue weighted by Gasteiger charge is 2.04. The molecule has 18 heavy (non-hydrogen) atoms. The number of hydrogen-bond donors (Lipinski definition) is 1. The zero-order chi connectivity index (χ0) is 13.4. The van der Waals surface area contributed by atoms with Gasteiger partial charge in [-0.2, -0.15) is 0 Å². The maximum atomic E-state index is 5.79. The van der Waals surface area contributed by atoms with Crippen LogP contribution in [0.1, 0.15) is 39.7 Å². The standard InChI is InChI=1S/C16H27NO/c1-5-6-15-7-9-16(10-8-15)18-12-14(4)11-17-13(2)3/h7-10,13-14,17H,5-6,11-12H2,1-4H3. The van der Waals surface area contributed by atoms with Gasteiger partial charge in [0, 0.05) is 18.5 Å². The third-order valence-corrected chi connectivity index (χ3v) is 2.87. The lowest BCUT2D eigenvalue weighted by atomic mass is 10.1. The Morgan fingerprint density at radius 1 is 1.11 bits per heavy atom. The second kappa shape index (κ2) is 8.15. The van der Waals surface area contributed by atoms with Crippen molar-refractivity contribution in [2.45, 2.75) is 46.6 Å². The molecule has 0 heterocycles. The van der Waals surface area contributed by atoms with E-state index in [1.165, 1.54) is 12.0 Å². The molecule has 1 N–H and O–H groups in total. The molecular weight excluding hydrogens is 222 g/mol. The van der Waals surface area contributed by atoms with Gasteiger partial charge in [-0.05, 0) is 24.1 Å². The van der Waals surface area contributed by atoms with Crippen LogP contribution in [0.5, 0.6) is 5.75 Å². The predicted molar refractivity (Wildman–Crippen MR) is 78.2 cm³/mol. The largest absolute Gasteiger partial charge is 0.493 e. The lowest BCUT2D eigenvalue weighted by Crippen LogP contribution is -2.30. The van der Waals surface area contributed by atoms with E-state index in [-0.39, 0.29) is 0 Å². The van der Waals surface area contributed by atoms with Crippen LogP contribution in [0.25, 0.3) is 0 Å². The van der Waals surface area contributed by atoms with Gasteiger partial charge in [0.2, 0.25) is 0 Å². The third kappa shape index (κ3) is 6.06. The molecule has 0 radical (unpaired) electrons. The molecule has 0 aliphatic heterocycles. The number of ether oxygens (including phenoxy) is 1.